The SMILES string of the molecule is CNC(=O)c1ccsc1NC(=O)NC(c1ccccn1)C1CCC1. The lowest BCUT2D eigenvalue weighted by Gasteiger charge is -2.33. The van der Waals surface area contributed by atoms with Crippen LogP contribution in [0, 0.1) is 5.92 Å². The molecule has 126 valence electrons. The van der Waals surface area contributed by atoms with Crippen LogP contribution in [0.4, 0.5) is 9.80 Å². The molecule has 2 aromatic heterocycles. The van der Waals surface area contributed by atoms with E-state index in [4.69, 9.17) is 0 Å². The minimum atomic E-state index is -0.315. The van der Waals surface area contributed by atoms with Crippen molar-refractivity contribution in [2.45, 2.75) is 25.3 Å². The van der Waals surface area contributed by atoms with Gasteiger partial charge in [0.2, 0.25) is 0 Å². The number of nitrogens with zero attached hydrogens (tertiary/aromatic N) is 1. The van der Waals surface area contributed by atoms with Crippen LogP contribution in [0.5, 0.6) is 0 Å². The maximum atomic E-state index is 12.4. The Hall–Kier alpha value is -2.41. The molecule has 1 fully saturated rings. The Morgan fingerprint density at radius 2 is 2.12 bits per heavy atom. The summed E-state index contributed by atoms with van der Waals surface area (Å²) < 4.78 is 0. The van der Waals surface area contributed by atoms with Crippen molar-refractivity contribution in [3.8, 4) is 0 Å². The summed E-state index contributed by atoms with van der Waals surface area (Å²) >= 11 is 1.32. The summed E-state index contributed by atoms with van der Waals surface area (Å²) in [5, 5.41) is 10.7. The Morgan fingerprint density at radius 3 is 2.75 bits per heavy atom. The summed E-state index contributed by atoms with van der Waals surface area (Å²) in [6.07, 6.45) is 5.10. The molecule has 3 rings (SSSR count). The number of hydrogen-bond acceptors (Lipinski definition) is 4. The number of hydrogen-bond donors (Lipinski definition) is 3. The van der Waals surface area contributed by atoms with Crippen molar-refractivity contribution in [3.63, 3.8) is 0 Å². The molecule has 1 aliphatic carbocycles. The highest BCUT2D eigenvalue weighted by Crippen LogP contribution is 2.37. The third kappa shape index (κ3) is 3.56. The van der Waals surface area contributed by atoms with Crippen LogP contribution in [0.2, 0.25) is 0 Å². The maximum absolute atomic E-state index is 12.4. The number of amides is 3. The van der Waals surface area contributed by atoms with E-state index in [9.17, 15) is 9.59 Å². The minimum absolute atomic E-state index is 0.108. The van der Waals surface area contributed by atoms with Crippen molar-refractivity contribution in [2.75, 3.05) is 12.4 Å². The number of nitrogens with one attached hydrogen (secondary N) is 3. The van der Waals surface area contributed by atoms with E-state index in [1.54, 1.807) is 24.7 Å². The normalized spacial score (nSPS) is 15.2. The van der Waals surface area contributed by atoms with Crippen molar-refractivity contribution < 1.29 is 9.59 Å². The van der Waals surface area contributed by atoms with Crippen LogP contribution >= 0.6 is 11.3 Å². The molecule has 0 radical (unpaired) electrons. The quantitative estimate of drug-likeness (QED) is 0.779. The average Bonchev–Trinajstić information content (AvgIpc) is 3.00. The topological polar surface area (TPSA) is 83.1 Å². The molecule has 0 bridgehead atoms. The second-order valence-electron chi connectivity index (χ2n) is 5.76. The minimum Gasteiger partial charge on any atom is -0.355 e. The van der Waals surface area contributed by atoms with Gasteiger partial charge in [0, 0.05) is 13.2 Å². The highest BCUT2D eigenvalue weighted by atomic mass is 32.1. The standard InChI is InChI=1S/C17H20N4O2S/c1-18-15(22)12-8-10-24-16(12)21-17(23)20-14(11-5-4-6-11)13-7-2-3-9-19-13/h2-3,7-11,14H,4-6H2,1H3,(H,18,22)(H2,20,21,23). The van der Waals surface area contributed by atoms with E-state index >= 15 is 0 Å². The molecule has 1 aliphatic rings. The van der Waals surface area contributed by atoms with Gasteiger partial charge in [0.15, 0.2) is 0 Å². The summed E-state index contributed by atoms with van der Waals surface area (Å²) in [4.78, 5) is 28.6. The summed E-state index contributed by atoms with van der Waals surface area (Å²) in [5.74, 6) is 0.194. The summed E-state index contributed by atoms with van der Waals surface area (Å²) in [6.45, 7) is 0. The van der Waals surface area contributed by atoms with Gasteiger partial charge in [-0.3, -0.25) is 15.1 Å². The monoisotopic (exact) mass is 344 g/mol. The average molecular weight is 344 g/mol. The van der Waals surface area contributed by atoms with Crippen molar-refractivity contribution in [2.24, 2.45) is 5.92 Å². The number of carbonyl (C=O) groups is 2. The highest BCUT2D eigenvalue weighted by Gasteiger charge is 2.30. The molecular weight excluding hydrogens is 324 g/mol. The third-order valence-corrected chi connectivity index (χ3v) is 5.11. The van der Waals surface area contributed by atoms with Gasteiger partial charge in [-0.2, -0.15) is 0 Å². The number of pyridine rings is 1. The van der Waals surface area contributed by atoms with Crippen molar-refractivity contribution in [1.82, 2.24) is 15.6 Å². The summed E-state index contributed by atoms with van der Waals surface area (Å²) in [5.41, 5.74) is 1.34. The number of thiophene rings is 1. The van der Waals surface area contributed by atoms with Crippen LogP contribution in [-0.2, 0) is 0 Å². The molecule has 0 spiro atoms. The molecule has 1 unspecified atom stereocenters. The molecule has 0 aromatic carbocycles. The van der Waals surface area contributed by atoms with E-state index in [-0.39, 0.29) is 18.0 Å². The van der Waals surface area contributed by atoms with Crippen LogP contribution in [-0.4, -0.2) is 24.0 Å². The first kappa shape index (κ1) is 16.4. The molecule has 2 heterocycles. The molecule has 24 heavy (non-hydrogen) atoms. The molecule has 3 amide bonds. The van der Waals surface area contributed by atoms with Crippen LogP contribution < -0.4 is 16.0 Å². The molecule has 1 atom stereocenters. The van der Waals surface area contributed by atoms with E-state index < -0.39 is 0 Å². The number of carbonyl (C=O) groups excluding carboxylic acids is 2. The first-order valence-electron chi connectivity index (χ1n) is 7.97. The van der Waals surface area contributed by atoms with Crippen LogP contribution in [0.3, 0.4) is 0 Å². The zero-order chi connectivity index (χ0) is 16.9. The van der Waals surface area contributed by atoms with E-state index in [1.807, 2.05) is 18.2 Å². The van der Waals surface area contributed by atoms with Gasteiger partial charge < -0.3 is 10.6 Å². The number of anilines is 1. The van der Waals surface area contributed by atoms with Gasteiger partial charge in [-0.25, -0.2) is 4.79 Å². The predicted molar refractivity (Wildman–Crippen MR) is 94.2 cm³/mol. The molecule has 3 N–H and O–H groups in total. The highest BCUT2D eigenvalue weighted by molar-refractivity contribution is 7.14. The number of rotatable bonds is 5. The van der Waals surface area contributed by atoms with E-state index in [1.165, 1.54) is 17.8 Å². The Morgan fingerprint density at radius 1 is 1.29 bits per heavy atom. The predicted octanol–water partition coefficient (Wildman–Crippen LogP) is 3.17. The lowest BCUT2D eigenvalue weighted by molar-refractivity contribution is 0.0964. The number of urea groups is 1. The fourth-order valence-corrected chi connectivity index (χ4v) is 3.55. The van der Waals surface area contributed by atoms with Crippen molar-refractivity contribution in [3.05, 3.63) is 47.1 Å². The molecule has 6 nitrogen and oxygen atoms in total. The lowest BCUT2D eigenvalue weighted by Crippen LogP contribution is -2.39. The molecule has 0 saturated heterocycles. The fourth-order valence-electron chi connectivity index (χ4n) is 2.77. The third-order valence-electron chi connectivity index (χ3n) is 4.28. The van der Waals surface area contributed by atoms with Gasteiger partial charge in [0.05, 0.1) is 17.3 Å². The summed E-state index contributed by atoms with van der Waals surface area (Å²) in [6, 6.07) is 7.00. The van der Waals surface area contributed by atoms with Crippen molar-refractivity contribution in [1.29, 1.82) is 0 Å². The Bertz CT molecular complexity index is 712. The van der Waals surface area contributed by atoms with Crippen LogP contribution in [0.1, 0.15) is 41.4 Å². The second-order valence-corrected chi connectivity index (χ2v) is 6.68. The Kier molecular flexibility index (Phi) is 5.10. The molecule has 7 heteroatoms. The van der Waals surface area contributed by atoms with Gasteiger partial charge >= 0.3 is 6.03 Å². The van der Waals surface area contributed by atoms with Gasteiger partial charge in [0.25, 0.3) is 5.91 Å². The van der Waals surface area contributed by atoms with E-state index in [2.05, 4.69) is 20.9 Å². The Labute approximate surface area is 144 Å². The molecular formula is C17H20N4O2S. The van der Waals surface area contributed by atoms with Gasteiger partial charge in [0.1, 0.15) is 5.00 Å². The maximum Gasteiger partial charge on any atom is 0.320 e. The Balaban J connectivity index is 1.70. The van der Waals surface area contributed by atoms with E-state index in [0.717, 1.165) is 18.5 Å². The molecule has 0 aliphatic heterocycles. The van der Waals surface area contributed by atoms with Crippen LogP contribution in [0.25, 0.3) is 0 Å². The smallest absolute Gasteiger partial charge is 0.320 e. The largest absolute Gasteiger partial charge is 0.355 e. The second kappa shape index (κ2) is 7.44. The fraction of sp³-hybridized carbons (Fsp3) is 0.353. The zero-order valence-electron chi connectivity index (χ0n) is 13.4. The summed E-state index contributed by atoms with van der Waals surface area (Å²) in [7, 11) is 1.57. The van der Waals surface area contributed by atoms with E-state index in [0.29, 0.717) is 16.5 Å². The molecule has 1 saturated carbocycles. The van der Waals surface area contributed by atoms with Gasteiger partial charge in [-0.15, -0.1) is 11.3 Å². The molecule has 2 aromatic rings. The van der Waals surface area contributed by atoms with Gasteiger partial charge in [-0.1, -0.05) is 12.5 Å². The van der Waals surface area contributed by atoms with Gasteiger partial charge in [-0.05, 0) is 42.3 Å². The zero-order valence-corrected chi connectivity index (χ0v) is 14.2. The van der Waals surface area contributed by atoms with Crippen LogP contribution in [0.15, 0.2) is 35.8 Å². The lowest BCUT2D eigenvalue weighted by atomic mass is 9.78. The first-order valence-corrected chi connectivity index (χ1v) is 8.85. The van der Waals surface area contributed by atoms with Crippen molar-refractivity contribution >= 4 is 28.3 Å². The first-order chi connectivity index (χ1) is 11.7. The number of aromatic nitrogens is 1.